The van der Waals surface area contributed by atoms with Crippen molar-refractivity contribution in [1.82, 2.24) is 15.0 Å². The van der Waals surface area contributed by atoms with Crippen molar-refractivity contribution in [2.45, 2.75) is 37.8 Å². The average molecular weight is 380 g/mol. The van der Waals surface area contributed by atoms with Gasteiger partial charge in [-0.05, 0) is 68.2 Å². The zero-order valence-electron chi connectivity index (χ0n) is 15.0. The fourth-order valence-electron chi connectivity index (χ4n) is 3.39. The molecule has 1 aliphatic carbocycles. The molecule has 0 bridgehead atoms. The first-order chi connectivity index (χ1) is 13.2. The summed E-state index contributed by atoms with van der Waals surface area (Å²) in [6.45, 7) is 0. The summed E-state index contributed by atoms with van der Waals surface area (Å²) in [4.78, 5) is 13.7. The van der Waals surface area contributed by atoms with Crippen LogP contribution < -0.4 is 11.1 Å². The van der Waals surface area contributed by atoms with Gasteiger partial charge in [0, 0.05) is 28.7 Å². The Balaban J connectivity index is 1.67. The molecule has 0 unspecified atom stereocenters. The van der Waals surface area contributed by atoms with E-state index >= 15 is 0 Å². The third-order valence-corrected chi connectivity index (χ3v) is 5.11. The molecule has 0 radical (unpaired) electrons. The van der Waals surface area contributed by atoms with E-state index < -0.39 is 0 Å². The van der Waals surface area contributed by atoms with Crippen molar-refractivity contribution in [2.75, 3.05) is 5.32 Å². The van der Waals surface area contributed by atoms with Crippen molar-refractivity contribution in [3.8, 4) is 0 Å². The molecule has 2 aromatic heterocycles. The van der Waals surface area contributed by atoms with Gasteiger partial charge in [0.25, 0.3) is 0 Å². The lowest BCUT2D eigenvalue weighted by molar-refractivity contribution is 0.410. The van der Waals surface area contributed by atoms with Crippen LogP contribution in [0.4, 0.5) is 5.82 Å². The van der Waals surface area contributed by atoms with E-state index in [4.69, 9.17) is 22.3 Å². The van der Waals surface area contributed by atoms with E-state index in [-0.39, 0.29) is 0 Å². The minimum Gasteiger partial charge on any atom is -0.367 e. The van der Waals surface area contributed by atoms with Crippen LogP contribution in [0, 0.1) is 0 Å². The van der Waals surface area contributed by atoms with E-state index in [1.165, 1.54) is 0 Å². The molecule has 0 amide bonds. The minimum absolute atomic E-state index is 0.316. The molecule has 1 saturated carbocycles. The summed E-state index contributed by atoms with van der Waals surface area (Å²) in [6.07, 6.45) is 9.74. The third kappa shape index (κ3) is 4.43. The second-order valence-corrected chi connectivity index (χ2v) is 7.37. The Labute approximate surface area is 163 Å². The normalized spacial score (nSPS) is 20.2. The van der Waals surface area contributed by atoms with Gasteiger partial charge in [0.05, 0.1) is 11.2 Å². The Bertz CT molecular complexity index is 949. The molecule has 0 saturated heterocycles. The number of rotatable bonds is 4. The van der Waals surface area contributed by atoms with E-state index in [0.717, 1.165) is 48.1 Å². The second kappa shape index (κ2) is 8.03. The molecule has 1 aromatic carbocycles. The maximum absolute atomic E-state index is 6.21. The number of pyridine rings is 1. The largest absolute Gasteiger partial charge is 0.367 e. The SMILES string of the molecule is NC1CCC(Nc2nc(/C=C\c3ccccn3)nc3ccc(Cl)cc23)CC1. The number of halogens is 1. The van der Waals surface area contributed by atoms with Gasteiger partial charge in [-0.2, -0.15) is 0 Å². The fraction of sp³-hybridized carbons (Fsp3) is 0.286. The predicted molar refractivity (Wildman–Crippen MR) is 112 cm³/mol. The number of aromatic nitrogens is 3. The Kier molecular flexibility index (Phi) is 5.32. The van der Waals surface area contributed by atoms with Crippen LogP contribution in [0.2, 0.25) is 5.02 Å². The maximum Gasteiger partial charge on any atom is 0.155 e. The summed E-state index contributed by atoms with van der Waals surface area (Å²) < 4.78 is 0. The minimum atomic E-state index is 0.316. The zero-order valence-corrected chi connectivity index (χ0v) is 15.7. The number of anilines is 1. The second-order valence-electron chi connectivity index (χ2n) is 6.94. The van der Waals surface area contributed by atoms with Gasteiger partial charge >= 0.3 is 0 Å². The van der Waals surface area contributed by atoms with Gasteiger partial charge in [-0.15, -0.1) is 0 Å². The maximum atomic E-state index is 6.21. The van der Waals surface area contributed by atoms with Gasteiger partial charge in [-0.25, -0.2) is 9.97 Å². The smallest absolute Gasteiger partial charge is 0.155 e. The first-order valence-corrected chi connectivity index (χ1v) is 9.64. The highest BCUT2D eigenvalue weighted by Gasteiger charge is 2.20. The molecule has 0 spiro atoms. The fourth-order valence-corrected chi connectivity index (χ4v) is 3.57. The van der Waals surface area contributed by atoms with Gasteiger partial charge in [0.1, 0.15) is 5.82 Å². The molecular formula is C21H22ClN5. The molecule has 138 valence electrons. The molecule has 6 heteroatoms. The highest BCUT2D eigenvalue weighted by atomic mass is 35.5. The van der Waals surface area contributed by atoms with E-state index in [0.29, 0.717) is 22.9 Å². The molecule has 0 aliphatic heterocycles. The number of hydrogen-bond acceptors (Lipinski definition) is 5. The van der Waals surface area contributed by atoms with Crippen LogP contribution in [0.15, 0.2) is 42.6 Å². The Hall–Kier alpha value is -2.50. The molecule has 3 N–H and O–H groups in total. The number of nitrogens with two attached hydrogens (primary N) is 1. The van der Waals surface area contributed by atoms with Crippen LogP contribution in [0.5, 0.6) is 0 Å². The number of nitrogens with zero attached hydrogens (tertiary/aromatic N) is 3. The zero-order chi connectivity index (χ0) is 18.6. The average Bonchev–Trinajstić information content (AvgIpc) is 2.69. The summed E-state index contributed by atoms with van der Waals surface area (Å²) in [7, 11) is 0. The van der Waals surface area contributed by atoms with E-state index in [1.807, 2.05) is 48.6 Å². The summed E-state index contributed by atoms with van der Waals surface area (Å²) in [5.74, 6) is 1.47. The summed E-state index contributed by atoms with van der Waals surface area (Å²) in [5.41, 5.74) is 7.77. The van der Waals surface area contributed by atoms with Gasteiger partial charge in [0.2, 0.25) is 0 Å². The van der Waals surface area contributed by atoms with Crippen LogP contribution in [-0.4, -0.2) is 27.0 Å². The molecule has 4 rings (SSSR count). The van der Waals surface area contributed by atoms with Gasteiger partial charge in [-0.1, -0.05) is 17.7 Å². The summed E-state index contributed by atoms with van der Waals surface area (Å²) >= 11 is 6.21. The molecule has 1 fully saturated rings. The van der Waals surface area contributed by atoms with E-state index in [9.17, 15) is 0 Å². The van der Waals surface area contributed by atoms with Crippen molar-refractivity contribution >= 4 is 40.5 Å². The summed E-state index contributed by atoms with van der Waals surface area (Å²) in [5, 5.41) is 5.21. The Morgan fingerprint density at radius 1 is 1.04 bits per heavy atom. The van der Waals surface area contributed by atoms with Crippen LogP contribution in [0.1, 0.15) is 37.2 Å². The van der Waals surface area contributed by atoms with Crippen LogP contribution >= 0.6 is 11.6 Å². The predicted octanol–water partition coefficient (Wildman–Crippen LogP) is 4.53. The molecule has 3 aromatic rings. The molecular weight excluding hydrogens is 358 g/mol. The molecule has 0 atom stereocenters. The summed E-state index contributed by atoms with van der Waals surface area (Å²) in [6, 6.07) is 12.2. The van der Waals surface area contributed by atoms with Crippen molar-refractivity contribution in [3.63, 3.8) is 0 Å². The molecule has 27 heavy (non-hydrogen) atoms. The topological polar surface area (TPSA) is 76.7 Å². The van der Waals surface area contributed by atoms with Crippen molar-refractivity contribution in [3.05, 3.63) is 59.1 Å². The number of fused-ring (bicyclic) bond motifs is 1. The van der Waals surface area contributed by atoms with Crippen LogP contribution in [0.25, 0.3) is 23.1 Å². The van der Waals surface area contributed by atoms with Crippen molar-refractivity contribution < 1.29 is 0 Å². The third-order valence-electron chi connectivity index (χ3n) is 4.88. The number of hydrogen-bond donors (Lipinski definition) is 2. The van der Waals surface area contributed by atoms with Crippen molar-refractivity contribution in [2.24, 2.45) is 5.73 Å². The quantitative estimate of drug-likeness (QED) is 0.696. The Morgan fingerprint density at radius 2 is 1.89 bits per heavy atom. The highest BCUT2D eigenvalue weighted by Crippen LogP contribution is 2.27. The molecule has 1 aliphatic rings. The van der Waals surface area contributed by atoms with Gasteiger partial charge < -0.3 is 11.1 Å². The Morgan fingerprint density at radius 3 is 2.67 bits per heavy atom. The highest BCUT2D eigenvalue weighted by molar-refractivity contribution is 6.31. The van der Waals surface area contributed by atoms with Crippen LogP contribution in [-0.2, 0) is 0 Å². The van der Waals surface area contributed by atoms with Gasteiger partial charge in [-0.3, -0.25) is 4.98 Å². The van der Waals surface area contributed by atoms with Crippen molar-refractivity contribution in [1.29, 1.82) is 0 Å². The lowest BCUT2D eigenvalue weighted by Gasteiger charge is -2.27. The number of nitrogens with one attached hydrogen (secondary N) is 1. The first kappa shape index (κ1) is 17.9. The number of benzene rings is 1. The van der Waals surface area contributed by atoms with E-state index in [2.05, 4.69) is 15.3 Å². The monoisotopic (exact) mass is 379 g/mol. The lowest BCUT2D eigenvalue weighted by Crippen LogP contribution is -2.33. The van der Waals surface area contributed by atoms with Gasteiger partial charge in [0.15, 0.2) is 5.82 Å². The molecule has 5 nitrogen and oxygen atoms in total. The van der Waals surface area contributed by atoms with E-state index in [1.54, 1.807) is 6.20 Å². The lowest BCUT2D eigenvalue weighted by atomic mass is 9.92. The standard InChI is InChI=1S/C21H22ClN5/c22-14-4-10-19-18(13-14)21(25-17-7-5-15(23)6-8-17)27-20(26-19)11-9-16-3-1-2-12-24-16/h1-4,9-13,15,17H,5-8,23H2,(H,25,26,27)/b11-9-. The van der Waals surface area contributed by atoms with Crippen LogP contribution in [0.3, 0.4) is 0 Å². The first-order valence-electron chi connectivity index (χ1n) is 9.26. The molecule has 2 heterocycles.